The number of rotatable bonds is 8. The van der Waals surface area contributed by atoms with Gasteiger partial charge in [0.1, 0.15) is 15.8 Å². The number of aliphatic carboxylic acids is 1. The minimum Gasteiger partial charge on any atom is -0.548 e. The number of hydrogen-bond acceptors (Lipinski definition) is 8. The Labute approximate surface area is 165 Å². The van der Waals surface area contributed by atoms with Crippen molar-refractivity contribution < 1.29 is 24.2 Å². The standard InChI is InChI=1S/C17H19NO5S3/c1-22-11-5-4-10(13(9-11)23-2)8-14-15(19)18(17(24)26-14)12(16(20)21)6-7-25-3/h4-5,8-9,12H,6-7H2,1-3H3,(H,20,21)/p-1/b14-8-/t12-/m0/s1. The van der Waals surface area contributed by atoms with Crippen LogP contribution in [0.5, 0.6) is 11.5 Å². The average molecular weight is 413 g/mol. The average Bonchev–Trinajstić information content (AvgIpc) is 2.89. The normalized spacial score (nSPS) is 16.9. The molecule has 2 rings (SSSR count). The van der Waals surface area contributed by atoms with E-state index in [1.54, 1.807) is 31.4 Å². The molecule has 6 nitrogen and oxygen atoms in total. The first-order chi connectivity index (χ1) is 12.4. The number of thioether (sulfide) groups is 2. The molecule has 0 unspecified atom stereocenters. The van der Waals surface area contributed by atoms with Crippen molar-refractivity contribution in [2.45, 2.75) is 12.5 Å². The number of amides is 1. The maximum Gasteiger partial charge on any atom is 0.266 e. The topological polar surface area (TPSA) is 78.9 Å². The number of carboxylic acid groups (broad SMARTS) is 1. The highest BCUT2D eigenvalue weighted by Crippen LogP contribution is 2.36. The van der Waals surface area contributed by atoms with Crippen molar-refractivity contribution in [2.24, 2.45) is 0 Å². The summed E-state index contributed by atoms with van der Waals surface area (Å²) in [4.78, 5) is 25.7. The molecule has 0 N–H and O–H groups in total. The van der Waals surface area contributed by atoms with E-state index in [1.165, 1.54) is 18.9 Å². The fraction of sp³-hybridized carbons (Fsp3) is 0.353. The highest BCUT2D eigenvalue weighted by atomic mass is 32.2. The first-order valence-electron chi connectivity index (χ1n) is 7.61. The van der Waals surface area contributed by atoms with Gasteiger partial charge in [0.25, 0.3) is 5.91 Å². The first kappa shape index (κ1) is 20.6. The van der Waals surface area contributed by atoms with Gasteiger partial charge in [0.2, 0.25) is 0 Å². The van der Waals surface area contributed by atoms with Gasteiger partial charge in [-0.2, -0.15) is 11.8 Å². The van der Waals surface area contributed by atoms with E-state index in [-0.39, 0.29) is 10.7 Å². The summed E-state index contributed by atoms with van der Waals surface area (Å²) in [5.74, 6) is 0.00187. The van der Waals surface area contributed by atoms with Crippen LogP contribution in [0.2, 0.25) is 0 Å². The Balaban J connectivity index is 2.33. The Morgan fingerprint density at radius 3 is 2.73 bits per heavy atom. The van der Waals surface area contributed by atoms with Gasteiger partial charge in [-0.25, -0.2) is 0 Å². The monoisotopic (exact) mass is 412 g/mol. The van der Waals surface area contributed by atoms with E-state index in [9.17, 15) is 14.7 Å². The lowest BCUT2D eigenvalue weighted by Crippen LogP contribution is -2.50. The van der Waals surface area contributed by atoms with Crippen molar-refractivity contribution >= 4 is 58.0 Å². The van der Waals surface area contributed by atoms with Gasteiger partial charge in [-0.15, -0.1) is 0 Å². The fourth-order valence-corrected chi connectivity index (χ4v) is 4.22. The van der Waals surface area contributed by atoms with Crippen LogP contribution in [-0.4, -0.2) is 53.4 Å². The van der Waals surface area contributed by atoms with Crippen molar-refractivity contribution in [2.75, 3.05) is 26.2 Å². The molecule has 140 valence electrons. The smallest absolute Gasteiger partial charge is 0.266 e. The fourth-order valence-electron chi connectivity index (χ4n) is 2.41. The zero-order chi connectivity index (χ0) is 19.3. The van der Waals surface area contributed by atoms with E-state index in [1.807, 2.05) is 6.26 Å². The summed E-state index contributed by atoms with van der Waals surface area (Å²) in [6.07, 6.45) is 3.78. The predicted octanol–water partition coefficient (Wildman–Crippen LogP) is 1.78. The molecule has 0 spiro atoms. The maximum atomic E-state index is 12.7. The number of thiocarbonyl (C=S) groups is 1. The molecule has 1 aliphatic rings. The second-order valence-corrected chi connectivity index (χ2v) is 7.94. The summed E-state index contributed by atoms with van der Waals surface area (Å²) >= 11 is 7.80. The van der Waals surface area contributed by atoms with Crippen LogP contribution >= 0.6 is 35.7 Å². The third-order valence-corrected chi connectivity index (χ3v) is 5.70. The Bertz CT molecular complexity index is 750. The number of ether oxygens (including phenoxy) is 2. The van der Waals surface area contributed by atoms with Gasteiger partial charge in [0.15, 0.2) is 0 Å². The predicted molar refractivity (Wildman–Crippen MR) is 106 cm³/mol. The molecule has 26 heavy (non-hydrogen) atoms. The molecule has 1 amide bonds. The van der Waals surface area contributed by atoms with Crippen LogP contribution in [0.15, 0.2) is 23.1 Å². The van der Waals surface area contributed by atoms with Crippen LogP contribution < -0.4 is 14.6 Å². The molecular weight excluding hydrogens is 394 g/mol. The molecule has 0 aromatic heterocycles. The van der Waals surface area contributed by atoms with E-state index in [4.69, 9.17) is 21.7 Å². The summed E-state index contributed by atoms with van der Waals surface area (Å²) in [6.45, 7) is 0. The van der Waals surface area contributed by atoms with Crippen LogP contribution in [0, 0.1) is 0 Å². The Morgan fingerprint density at radius 2 is 2.15 bits per heavy atom. The summed E-state index contributed by atoms with van der Waals surface area (Å²) in [5, 5.41) is 11.5. The maximum absolute atomic E-state index is 12.7. The number of benzene rings is 1. The van der Waals surface area contributed by atoms with Crippen LogP contribution in [0.3, 0.4) is 0 Å². The SMILES string of the molecule is COc1ccc(/C=C2\SC(=S)N([C@@H](CCSC)C(=O)[O-])C2=O)c(OC)c1. The van der Waals surface area contributed by atoms with Gasteiger partial charge in [0, 0.05) is 11.6 Å². The molecule has 0 saturated carbocycles. The Hall–Kier alpha value is -1.71. The van der Waals surface area contributed by atoms with Gasteiger partial charge >= 0.3 is 0 Å². The van der Waals surface area contributed by atoms with E-state index in [2.05, 4.69) is 0 Å². The molecule has 0 bridgehead atoms. The number of methoxy groups -OCH3 is 2. The van der Waals surface area contributed by atoms with Crippen molar-refractivity contribution in [1.29, 1.82) is 0 Å². The molecule has 1 saturated heterocycles. The molecule has 0 radical (unpaired) electrons. The zero-order valence-corrected chi connectivity index (χ0v) is 17.0. The third-order valence-electron chi connectivity index (χ3n) is 3.73. The van der Waals surface area contributed by atoms with E-state index in [0.29, 0.717) is 27.7 Å². The molecule has 1 atom stereocenters. The van der Waals surface area contributed by atoms with Gasteiger partial charge in [-0.05, 0) is 36.6 Å². The first-order valence-corrected chi connectivity index (χ1v) is 10.2. The highest BCUT2D eigenvalue weighted by molar-refractivity contribution is 8.26. The second-order valence-electron chi connectivity index (χ2n) is 5.28. The molecule has 1 aliphatic heterocycles. The van der Waals surface area contributed by atoms with Crippen LogP contribution in [-0.2, 0) is 9.59 Å². The minimum atomic E-state index is -1.31. The minimum absolute atomic E-state index is 0.212. The lowest BCUT2D eigenvalue weighted by Gasteiger charge is -2.27. The van der Waals surface area contributed by atoms with E-state index in [0.717, 1.165) is 16.7 Å². The highest BCUT2D eigenvalue weighted by Gasteiger charge is 2.37. The lowest BCUT2D eigenvalue weighted by atomic mass is 10.1. The Morgan fingerprint density at radius 1 is 1.42 bits per heavy atom. The number of carbonyl (C=O) groups is 2. The van der Waals surface area contributed by atoms with Crippen molar-refractivity contribution in [3.8, 4) is 11.5 Å². The summed E-state index contributed by atoms with van der Waals surface area (Å²) in [5.41, 5.74) is 0.669. The number of nitrogens with zero attached hydrogens (tertiary/aromatic N) is 1. The zero-order valence-electron chi connectivity index (χ0n) is 14.5. The number of carbonyl (C=O) groups excluding carboxylic acids is 2. The quantitative estimate of drug-likeness (QED) is 0.472. The molecule has 1 heterocycles. The molecule has 0 aliphatic carbocycles. The molecular formula is C17H18NO5S3-. The van der Waals surface area contributed by atoms with Crippen molar-refractivity contribution in [3.05, 3.63) is 28.7 Å². The number of hydrogen-bond donors (Lipinski definition) is 0. The lowest BCUT2D eigenvalue weighted by molar-refractivity contribution is -0.310. The second kappa shape index (κ2) is 9.29. The van der Waals surface area contributed by atoms with E-state index < -0.39 is 17.9 Å². The number of carboxylic acids is 1. The third kappa shape index (κ3) is 4.52. The van der Waals surface area contributed by atoms with Crippen LogP contribution in [0.25, 0.3) is 6.08 Å². The van der Waals surface area contributed by atoms with Crippen molar-refractivity contribution in [1.82, 2.24) is 4.90 Å². The molecule has 1 aromatic rings. The van der Waals surface area contributed by atoms with Gasteiger partial charge < -0.3 is 19.4 Å². The summed E-state index contributed by atoms with van der Waals surface area (Å²) in [7, 11) is 3.07. The summed E-state index contributed by atoms with van der Waals surface area (Å²) in [6, 6.07) is 4.14. The molecule has 1 aromatic carbocycles. The van der Waals surface area contributed by atoms with Gasteiger partial charge in [-0.1, -0.05) is 24.0 Å². The largest absolute Gasteiger partial charge is 0.548 e. The van der Waals surface area contributed by atoms with Crippen molar-refractivity contribution in [3.63, 3.8) is 0 Å². The van der Waals surface area contributed by atoms with Gasteiger partial charge in [-0.3, -0.25) is 9.69 Å². The van der Waals surface area contributed by atoms with Gasteiger partial charge in [0.05, 0.1) is 31.1 Å². The molecule has 9 heteroatoms. The van der Waals surface area contributed by atoms with Crippen LogP contribution in [0.1, 0.15) is 12.0 Å². The van der Waals surface area contributed by atoms with Crippen LogP contribution in [0.4, 0.5) is 0 Å². The Kier molecular flexibility index (Phi) is 7.36. The summed E-state index contributed by atoms with van der Waals surface area (Å²) < 4.78 is 10.7. The molecule has 1 fully saturated rings. The van der Waals surface area contributed by atoms with E-state index >= 15 is 0 Å².